The minimum absolute atomic E-state index is 0.0740. The number of fused-ring (bicyclic) bond motifs is 5. The van der Waals surface area contributed by atoms with Gasteiger partial charge in [0.15, 0.2) is 5.78 Å². The van der Waals surface area contributed by atoms with Gasteiger partial charge < -0.3 is 5.11 Å². The lowest BCUT2D eigenvalue weighted by Gasteiger charge is -2.61. The van der Waals surface area contributed by atoms with E-state index in [2.05, 4.69) is 51.1 Å². The monoisotopic (exact) mass is 392 g/mol. The summed E-state index contributed by atoms with van der Waals surface area (Å²) in [6.07, 6.45) is 10.8. The molecule has 0 bridgehead atoms. The quantitative estimate of drug-likeness (QED) is 0.591. The Balaban J connectivity index is 1.46. The summed E-state index contributed by atoms with van der Waals surface area (Å²) < 4.78 is 0. The van der Waals surface area contributed by atoms with Crippen molar-refractivity contribution in [3.8, 4) is 0 Å². The number of benzene rings is 1. The van der Waals surface area contributed by atoms with Crippen LogP contribution in [0.2, 0.25) is 0 Å². The average Bonchev–Trinajstić information content (AvgIpc) is 2.93. The fourth-order valence-electron chi connectivity index (χ4n) is 8.13. The molecule has 0 heterocycles. The van der Waals surface area contributed by atoms with E-state index in [-0.39, 0.29) is 10.8 Å². The third kappa shape index (κ3) is 2.81. The molecular formula is C27H36O2. The molecule has 4 saturated carbocycles. The molecule has 0 radical (unpaired) electrons. The lowest BCUT2D eigenvalue weighted by Crippen LogP contribution is -2.56. The van der Waals surface area contributed by atoms with Gasteiger partial charge >= 0.3 is 0 Å². The zero-order valence-corrected chi connectivity index (χ0v) is 18.3. The van der Waals surface area contributed by atoms with Crippen molar-refractivity contribution in [3.63, 3.8) is 0 Å². The van der Waals surface area contributed by atoms with Gasteiger partial charge in [-0.05, 0) is 104 Å². The van der Waals surface area contributed by atoms with Crippen molar-refractivity contribution in [2.75, 3.05) is 0 Å². The summed E-state index contributed by atoms with van der Waals surface area (Å²) in [6, 6.07) is 10.3. The Bertz CT molecular complexity index is 837. The Kier molecular flexibility index (Phi) is 4.41. The number of hydrogen-bond acceptors (Lipinski definition) is 2. The first-order valence-corrected chi connectivity index (χ1v) is 11.8. The molecule has 1 aromatic rings. The highest BCUT2D eigenvalue weighted by Crippen LogP contribution is 2.68. The van der Waals surface area contributed by atoms with E-state index in [1.54, 1.807) is 0 Å². The number of aliphatic hydroxyl groups is 1. The van der Waals surface area contributed by atoms with Crippen LogP contribution in [0.1, 0.15) is 77.7 Å². The molecule has 29 heavy (non-hydrogen) atoms. The Hall–Kier alpha value is -1.41. The van der Waals surface area contributed by atoms with Gasteiger partial charge in [0.25, 0.3) is 0 Å². The molecular weight excluding hydrogens is 356 g/mol. The smallest absolute Gasteiger partial charge is 0.159 e. The van der Waals surface area contributed by atoms with Gasteiger partial charge in [-0.25, -0.2) is 0 Å². The summed E-state index contributed by atoms with van der Waals surface area (Å²) >= 11 is 0. The fourth-order valence-corrected chi connectivity index (χ4v) is 8.13. The predicted octanol–water partition coefficient (Wildman–Crippen LogP) is 6.04. The summed E-state index contributed by atoms with van der Waals surface area (Å²) in [5.41, 5.74) is 1.98. The maximum atomic E-state index is 13.0. The first kappa shape index (κ1) is 19.5. The second kappa shape index (κ2) is 6.54. The van der Waals surface area contributed by atoms with Gasteiger partial charge in [-0.2, -0.15) is 0 Å². The van der Waals surface area contributed by atoms with Crippen LogP contribution in [0.5, 0.6) is 0 Å². The SMILES string of the molecule is CC12C/C(=C\c3ccccc3)C(=O)CC1CCC1C2CCC2(C)C1CCC2(C)O. The zero-order chi connectivity index (χ0) is 20.4. The lowest BCUT2D eigenvalue weighted by molar-refractivity contribution is -0.147. The van der Waals surface area contributed by atoms with Gasteiger partial charge in [0.2, 0.25) is 0 Å². The minimum Gasteiger partial charge on any atom is -0.390 e. The fraction of sp³-hybridized carbons (Fsp3) is 0.667. The van der Waals surface area contributed by atoms with Gasteiger partial charge in [-0.15, -0.1) is 0 Å². The maximum absolute atomic E-state index is 13.0. The van der Waals surface area contributed by atoms with Crippen LogP contribution < -0.4 is 0 Å². The summed E-state index contributed by atoms with van der Waals surface area (Å²) in [6.45, 7) is 6.94. The highest BCUT2D eigenvalue weighted by atomic mass is 16.3. The summed E-state index contributed by atoms with van der Waals surface area (Å²) in [4.78, 5) is 13.0. The lowest BCUT2D eigenvalue weighted by atomic mass is 9.44. The second-order valence-corrected chi connectivity index (χ2v) is 11.3. The number of hydrogen-bond donors (Lipinski definition) is 1. The largest absolute Gasteiger partial charge is 0.390 e. The van der Waals surface area contributed by atoms with Gasteiger partial charge in [0.1, 0.15) is 0 Å². The van der Waals surface area contributed by atoms with E-state index in [9.17, 15) is 9.90 Å². The molecule has 0 saturated heterocycles. The Labute approximate surface area is 175 Å². The van der Waals surface area contributed by atoms with Crippen molar-refractivity contribution in [3.05, 3.63) is 41.5 Å². The van der Waals surface area contributed by atoms with Crippen molar-refractivity contribution in [2.45, 2.75) is 77.7 Å². The number of rotatable bonds is 1. The van der Waals surface area contributed by atoms with E-state index in [4.69, 9.17) is 0 Å². The number of carbonyl (C=O) groups is 1. The normalized spacial score (nSPS) is 48.1. The van der Waals surface area contributed by atoms with Crippen LogP contribution in [0.25, 0.3) is 6.08 Å². The van der Waals surface area contributed by atoms with Crippen molar-refractivity contribution in [1.82, 2.24) is 0 Å². The molecule has 4 aliphatic carbocycles. The van der Waals surface area contributed by atoms with Gasteiger partial charge in [0, 0.05) is 6.42 Å². The Morgan fingerprint density at radius 1 is 0.966 bits per heavy atom. The van der Waals surface area contributed by atoms with Crippen molar-refractivity contribution in [1.29, 1.82) is 0 Å². The number of Topliss-reactive ketones (excluding diaryl/α,β-unsaturated/α-hetero) is 1. The highest BCUT2D eigenvalue weighted by molar-refractivity contribution is 6.00. The molecule has 2 nitrogen and oxygen atoms in total. The number of ketones is 1. The molecule has 1 N–H and O–H groups in total. The molecule has 5 rings (SSSR count). The maximum Gasteiger partial charge on any atom is 0.159 e. The number of allylic oxidation sites excluding steroid dienone is 1. The van der Waals surface area contributed by atoms with Crippen LogP contribution in [0.3, 0.4) is 0 Å². The van der Waals surface area contributed by atoms with Crippen molar-refractivity contribution in [2.24, 2.45) is 34.5 Å². The highest BCUT2D eigenvalue weighted by Gasteiger charge is 2.63. The van der Waals surface area contributed by atoms with E-state index in [1.165, 1.54) is 25.7 Å². The molecule has 2 heteroatoms. The molecule has 0 spiro atoms. The first-order chi connectivity index (χ1) is 13.7. The van der Waals surface area contributed by atoms with Crippen LogP contribution in [0.4, 0.5) is 0 Å². The number of carbonyl (C=O) groups excluding carboxylic acids is 1. The standard InChI is InChI=1S/C27H36O2/c1-25-17-19(15-18-7-5-4-6-8-18)24(28)16-20(25)9-10-21-22(25)11-13-26(2)23(21)12-14-27(26,3)29/h4-8,15,20-23,29H,9-14,16-17H2,1-3H3/b19-15+. The third-order valence-corrected chi connectivity index (χ3v) is 10.1. The van der Waals surface area contributed by atoms with E-state index >= 15 is 0 Å². The third-order valence-electron chi connectivity index (χ3n) is 10.1. The molecule has 0 aliphatic heterocycles. The first-order valence-electron chi connectivity index (χ1n) is 11.8. The minimum atomic E-state index is -0.513. The average molecular weight is 393 g/mol. The Morgan fingerprint density at radius 2 is 1.69 bits per heavy atom. The molecule has 4 aliphatic rings. The molecule has 0 aromatic heterocycles. The molecule has 7 atom stereocenters. The van der Waals surface area contributed by atoms with Gasteiger partial charge in [-0.1, -0.05) is 44.2 Å². The zero-order valence-electron chi connectivity index (χ0n) is 18.3. The molecule has 0 amide bonds. The summed E-state index contributed by atoms with van der Waals surface area (Å²) in [5, 5.41) is 11.1. The topological polar surface area (TPSA) is 37.3 Å². The van der Waals surface area contributed by atoms with Crippen LogP contribution in [-0.2, 0) is 4.79 Å². The summed E-state index contributed by atoms with van der Waals surface area (Å²) in [5.74, 6) is 2.97. The van der Waals surface area contributed by atoms with Crippen molar-refractivity contribution >= 4 is 11.9 Å². The van der Waals surface area contributed by atoms with Gasteiger partial charge in [0.05, 0.1) is 5.60 Å². The van der Waals surface area contributed by atoms with E-state index in [0.29, 0.717) is 23.5 Å². The van der Waals surface area contributed by atoms with E-state index in [0.717, 1.165) is 42.7 Å². The van der Waals surface area contributed by atoms with Crippen LogP contribution >= 0.6 is 0 Å². The van der Waals surface area contributed by atoms with E-state index < -0.39 is 5.60 Å². The van der Waals surface area contributed by atoms with Crippen LogP contribution in [0.15, 0.2) is 35.9 Å². The van der Waals surface area contributed by atoms with Gasteiger partial charge in [-0.3, -0.25) is 4.79 Å². The molecule has 4 fully saturated rings. The van der Waals surface area contributed by atoms with Crippen LogP contribution in [-0.4, -0.2) is 16.5 Å². The molecule has 1 aromatic carbocycles. The second-order valence-electron chi connectivity index (χ2n) is 11.3. The van der Waals surface area contributed by atoms with Crippen molar-refractivity contribution < 1.29 is 9.90 Å². The predicted molar refractivity (Wildman–Crippen MR) is 117 cm³/mol. The molecule has 156 valence electrons. The van der Waals surface area contributed by atoms with E-state index in [1.807, 2.05) is 6.07 Å². The molecule has 7 unspecified atom stereocenters. The van der Waals surface area contributed by atoms with Crippen LogP contribution in [0, 0.1) is 34.5 Å². The summed E-state index contributed by atoms with van der Waals surface area (Å²) in [7, 11) is 0. The Morgan fingerprint density at radius 3 is 2.45 bits per heavy atom.